The van der Waals surface area contributed by atoms with Crippen molar-refractivity contribution in [3.8, 4) is 0 Å². The number of carbonyl (C=O) groups is 1. The quantitative estimate of drug-likeness (QED) is 0.279. The summed E-state index contributed by atoms with van der Waals surface area (Å²) in [7, 11) is 0. The summed E-state index contributed by atoms with van der Waals surface area (Å²) in [5, 5.41) is 0. The Labute approximate surface area is 216 Å². The van der Waals surface area contributed by atoms with Gasteiger partial charge in [-0.05, 0) is 104 Å². The van der Waals surface area contributed by atoms with Gasteiger partial charge in [0.15, 0.2) is 0 Å². The smallest absolute Gasteiger partial charge is 0.302 e. The highest BCUT2D eigenvalue weighted by Gasteiger charge is 2.65. The molecule has 0 spiro atoms. The van der Waals surface area contributed by atoms with Crippen LogP contribution in [0.1, 0.15) is 120 Å². The number of rotatable bonds is 6. The van der Waals surface area contributed by atoms with Crippen molar-refractivity contribution in [2.45, 2.75) is 126 Å². The van der Waals surface area contributed by atoms with E-state index >= 15 is 0 Å². The molecule has 8 atom stereocenters. The molecule has 0 saturated heterocycles. The van der Waals surface area contributed by atoms with Gasteiger partial charge in [-0.25, -0.2) is 0 Å². The molecular formula is C33H54O2. The fraction of sp³-hybridized carbons (Fsp3) is 0.848. The van der Waals surface area contributed by atoms with Gasteiger partial charge in [0.05, 0.1) is 0 Å². The number of esters is 1. The minimum absolute atomic E-state index is 0.0255. The van der Waals surface area contributed by atoms with Gasteiger partial charge in [0.25, 0.3) is 0 Å². The Hall–Kier alpha value is -1.05. The van der Waals surface area contributed by atoms with E-state index < -0.39 is 0 Å². The Morgan fingerprint density at radius 3 is 2.34 bits per heavy atom. The summed E-state index contributed by atoms with van der Waals surface area (Å²) in [5.41, 5.74) is 4.27. The van der Waals surface area contributed by atoms with Gasteiger partial charge in [-0.3, -0.25) is 4.79 Å². The molecule has 0 bridgehead atoms. The van der Waals surface area contributed by atoms with E-state index in [4.69, 9.17) is 4.74 Å². The molecule has 35 heavy (non-hydrogen) atoms. The number of ether oxygens (including phenoxy) is 1. The largest absolute Gasteiger partial charge is 0.462 e. The van der Waals surface area contributed by atoms with Gasteiger partial charge in [-0.2, -0.15) is 0 Å². The third-order valence-electron chi connectivity index (χ3n) is 12.5. The first kappa shape index (κ1) is 27.0. The summed E-state index contributed by atoms with van der Waals surface area (Å²) in [4.78, 5) is 11.8. The average Bonchev–Trinajstić information content (AvgIpc) is 3.05. The molecule has 0 amide bonds. The van der Waals surface area contributed by atoms with E-state index in [1.807, 2.05) is 0 Å². The molecule has 3 fully saturated rings. The van der Waals surface area contributed by atoms with Crippen molar-refractivity contribution < 1.29 is 9.53 Å². The lowest BCUT2D eigenvalue weighted by Gasteiger charge is -2.64. The first-order valence-corrected chi connectivity index (χ1v) is 14.7. The van der Waals surface area contributed by atoms with E-state index in [0.29, 0.717) is 28.6 Å². The summed E-state index contributed by atoms with van der Waals surface area (Å²) in [6.45, 7) is 25.7. The Morgan fingerprint density at radius 2 is 1.71 bits per heavy atom. The second kappa shape index (κ2) is 9.05. The number of hydrogen-bond donors (Lipinski definition) is 0. The zero-order valence-electron chi connectivity index (χ0n) is 24.4. The maximum atomic E-state index is 11.8. The van der Waals surface area contributed by atoms with E-state index in [2.05, 4.69) is 68.0 Å². The first-order chi connectivity index (χ1) is 16.2. The lowest BCUT2D eigenvalue weighted by Crippen LogP contribution is -2.58. The fourth-order valence-electron chi connectivity index (χ4n) is 9.97. The Bertz CT molecular complexity index is 880. The standard InChI is InChI=1S/C33H54O2/c1-21(2)22(3)11-12-23(4)25-15-19-33(10)27-13-14-28-30(6,7)29(35-24(5)34)17-18-31(28,8)26(27)16-20-32(25,33)9/h16,21,23,25,27-29H,3,11-15,17-20H2,1-2,4-10H3/t23-,25-,27-,28+,29+,31-,32-,33+/m1/s1. The Morgan fingerprint density at radius 1 is 1.03 bits per heavy atom. The maximum absolute atomic E-state index is 11.8. The average molecular weight is 483 g/mol. The molecular weight excluding hydrogens is 428 g/mol. The van der Waals surface area contributed by atoms with Gasteiger partial charge in [0.1, 0.15) is 6.10 Å². The topological polar surface area (TPSA) is 26.3 Å². The lowest BCUT2D eigenvalue weighted by atomic mass is 9.41. The van der Waals surface area contributed by atoms with E-state index in [1.165, 1.54) is 50.5 Å². The van der Waals surface area contributed by atoms with Gasteiger partial charge >= 0.3 is 5.97 Å². The van der Waals surface area contributed by atoms with Gasteiger partial charge in [0, 0.05) is 12.3 Å². The molecule has 0 heterocycles. The van der Waals surface area contributed by atoms with Gasteiger partial charge in [-0.15, -0.1) is 0 Å². The van der Waals surface area contributed by atoms with E-state index in [9.17, 15) is 4.79 Å². The van der Waals surface area contributed by atoms with Crippen LogP contribution in [0, 0.1) is 51.2 Å². The predicted molar refractivity (Wildman–Crippen MR) is 147 cm³/mol. The molecule has 0 aliphatic heterocycles. The SMILES string of the molecule is C=C(CC[C@@H](C)[C@H]1CC[C@@]2(C)[C@@H]3CC[C@H]4C(C)(C)[C@@H](OC(C)=O)CC[C@]4(C)C3=CC[C@]12C)C(C)C. The highest BCUT2D eigenvalue weighted by atomic mass is 16.5. The van der Waals surface area contributed by atoms with Crippen LogP contribution in [0.5, 0.6) is 0 Å². The molecule has 3 saturated carbocycles. The number of carbonyl (C=O) groups excluding carboxylic acids is 1. The molecule has 198 valence electrons. The van der Waals surface area contributed by atoms with Crippen LogP contribution in [0.4, 0.5) is 0 Å². The summed E-state index contributed by atoms with van der Waals surface area (Å²) in [6, 6.07) is 0. The number of fused-ring (bicyclic) bond motifs is 5. The Balaban J connectivity index is 1.59. The normalized spacial score (nSPS) is 43.0. The molecule has 0 aromatic heterocycles. The summed E-state index contributed by atoms with van der Waals surface area (Å²) >= 11 is 0. The minimum atomic E-state index is -0.122. The first-order valence-electron chi connectivity index (χ1n) is 14.7. The molecule has 4 aliphatic carbocycles. The molecule has 2 heteroatoms. The summed E-state index contributed by atoms with van der Waals surface area (Å²) in [6.07, 6.45) is 14.0. The summed E-state index contributed by atoms with van der Waals surface area (Å²) < 4.78 is 5.87. The highest BCUT2D eigenvalue weighted by Crippen LogP contribution is 2.73. The zero-order valence-corrected chi connectivity index (χ0v) is 24.4. The van der Waals surface area contributed by atoms with Crippen molar-refractivity contribution in [1.29, 1.82) is 0 Å². The molecule has 4 aliphatic rings. The van der Waals surface area contributed by atoms with Crippen LogP contribution in [0.25, 0.3) is 0 Å². The van der Waals surface area contributed by atoms with Crippen molar-refractivity contribution in [2.24, 2.45) is 51.2 Å². The molecule has 2 nitrogen and oxygen atoms in total. The third-order valence-corrected chi connectivity index (χ3v) is 12.5. The van der Waals surface area contributed by atoms with Crippen LogP contribution < -0.4 is 0 Å². The number of hydrogen-bond acceptors (Lipinski definition) is 2. The maximum Gasteiger partial charge on any atom is 0.302 e. The van der Waals surface area contributed by atoms with Crippen molar-refractivity contribution >= 4 is 5.97 Å². The second-order valence-corrected chi connectivity index (χ2v) is 14.7. The van der Waals surface area contributed by atoms with Crippen molar-refractivity contribution in [3.05, 3.63) is 23.8 Å². The van der Waals surface area contributed by atoms with E-state index in [1.54, 1.807) is 12.5 Å². The monoisotopic (exact) mass is 482 g/mol. The third kappa shape index (κ3) is 4.08. The molecule has 0 aromatic carbocycles. The molecule has 0 N–H and O–H groups in total. The number of allylic oxidation sites excluding steroid dienone is 3. The van der Waals surface area contributed by atoms with E-state index in [-0.39, 0.29) is 22.9 Å². The van der Waals surface area contributed by atoms with Crippen LogP contribution in [0.2, 0.25) is 0 Å². The van der Waals surface area contributed by atoms with Gasteiger partial charge < -0.3 is 4.74 Å². The van der Waals surface area contributed by atoms with Crippen LogP contribution >= 0.6 is 0 Å². The van der Waals surface area contributed by atoms with Gasteiger partial charge in [-0.1, -0.05) is 79.2 Å². The van der Waals surface area contributed by atoms with Crippen LogP contribution in [-0.4, -0.2) is 12.1 Å². The minimum Gasteiger partial charge on any atom is -0.462 e. The van der Waals surface area contributed by atoms with E-state index in [0.717, 1.165) is 24.7 Å². The lowest BCUT2D eigenvalue weighted by molar-refractivity contribution is -0.170. The highest BCUT2D eigenvalue weighted by molar-refractivity contribution is 5.66. The molecule has 0 aromatic rings. The van der Waals surface area contributed by atoms with Crippen molar-refractivity contribution in [3.63, 3.8) is 0 Å². The molecule has 0 unspecified atom stereocenters. The predicted octanol–water partition coefficient (Wildman–Crippen LogP) is 9.15. The zero-order chi connectivity index (χ0) is 26.0. The van der Waals surface area contributed by atoms with Gasteiger partial charge in [0.2, 0.25) is 0 Å². The second-order valence-electron chi connectivity index (χ2n) is 14.7. The van der Waals surface area contributed by atoms with Crippen molar-refractivity contribution in [1.82, 2.24) is 0 Å². The fourth-order valence-corrected chi connectivity index (χ4v) is 9.97. The van der Waals surface area contributed by atoms with Crippen LogP contribution in [0.3, 0.4) is 0 Å². The summed E-state index contributed by atoms with van der Waals surface area (Å²) in [5.74, 6) is 3.35. The van der Waals surface area contributed by atoms with Crippen LogP contribution in [0.15, 0.2) is 23.8 Å². The molecule has 0 radical (unpaired) electrons. The van der Waals surface area contributed by atoms with Crippen LogP contribution in [-0.2, 0) is 9.53 Å². The van der Waals surface area contributed by atoms with Crippen molar-refractivity contribution in [2.75, 3.05) is 0 Å². The Kier molecular flexibility index (Phi) is 6.98. The molecule has 4 rings (SSSR count).